The van der Waals surface area contributed by atoms with Gasteiger partial charge in [-0.15, -0.1) is 0 Å². The average Bonchev–Trinajstić information content (AvgIpc) is 2.84. The molecular weight excluding hydrogens is 428 g/mol. The minimum atomic E-state index is -0.980. The van der Waals surface area contributed by atoms with Gasteiger partial charge in [0.2, 0.25) is 5.88 Å². The molecule has 178 valence electrons. The Balaban J connectivity index is 1.61. The van der Waals surface area contributed by atoms with Gasteiger partial charge in [-0.3, -0.25) is 10.2 Å². The lowest BCUT2D eigenvalue weighted by Crippen LogP contribution is -2.34. The number of ether oxygens (including phenoxy) is 1. The van der Waals surface area contributed by atoms with Gasteiger partial charge in [0.1, 0.15) is 12.4 Å². The van der Waals surface area contributed by atoms with Crippen molar-refractivity contribution in [1.82, 2.24) is 10.4 Å². The van der Waals surface area contributed by atoms with Gasteiger partial charge in [-0.2, -0.15) is 5.10 Å². The highest BCUT2D eigenvalue weighted by Crippen LogP contribution is 2.29. The molecule has 1 aromatic heterocycles. The smallest absolute Gasteiger partial charge is 0.324 e. The third-order valence-corrected chi connectivity index (χ3v) is 5.55. The summed E-state index contributed by atoms with van der Waals surface area (Å²) >= 11 is 0. The Morgan fingerprint density at radius 1 is 1.00 bits per heavy atom. The van der Waals surface area contributed by atoms with Gasteiger partial charge >= 0.3 is 5.97 Å². The Bertz CT molecular complexity index is 1040. The van der Waals surface area contributed by atoms with E-state index in [0.717, 1.165) is 41.6 Å². The highest BCUT2D eigenvalue weighted by atomic mass is 16.5. The zero-order valence-electron chi connectivity index (χ0n) is 19.7. The monoisotopic (exact) mass is 460 g/mol. The molecule has 4 N–H and O–H groups in total. The van der Waals surface area contributed by atoms with Crippen molar-refractivity contribution in [3.63, 3.8) is 0 Å². The summed E-state index contributed by atoms with van der Waals surface area (Å²) in [5.74, 6) is 0.00434. The maximum Gasteiger partial charge on any atom is 0.324 e. The van der Waals surface area contributed by atoms with E-state index in [4.69, 9.17) is 20.6 Å². The van der Waals surface area contributed by atoms with Crippen LogP contribution >= 0.6 is 0 Å². The number of aliphatic carboxylic acids is 1. The van der Waals surface area contributed by atoms with E-state index < -0.39 is 5.97 Å². The van der Waals surface area contributed by atoms with Crippen molar-refractivity contribution in [3.05, 3.63) is 72.8 Å². The molecule has 0 bridgehead atoms. The molecule has 0 aliphatic rings. The van der Waals surface area contributed by atoms with Gasteiger partial charge in [-0.05, 0) is 36.5 Å². The number of benzene rings is 2. The van der Waals surface area contributed by atoms with Gasteiger partial charge < -0.3 is 15.6 Å². The molecule has 7 heteroatoms. The zero-order chi connectivity index (χ0) is 24.4. The number of unbranched alkanes of at least 4 members (excludes halogenated alkanes) is 1. The van der Waals surface area contributed by atoms with Gasteiger partial charge in [0.15, 0.2) is 0 Å². The van der Waals surface area contributed by atoms with Crippen LogP contribution in [0.3, 0.4) is 0 Å². The molecule has 3 rings (SSSR count). The Morgan fingerprint density at radius 3 is 2.29 bits per heavy atom. The molecule has 0 atom stereocenters. The van der Waals surface area contributed by atoms with Crippen LogP contribution in [0.2, 0.25) is 0 Å². The first kappa shape index (κ1) is 24.8. The fourth-order valence-electron chi connectivity index (χ4n) is 3.45. The summed E-state index contributed by atoms with van der Waals surface area (Å²) in [6.45, 7) is 4.26. The van der Waals surface area contributed by atoms with Crippen LogP contribution in [0.5, 0.6) is 5.88 Å². The molecule has 0 radical (unpaired) electrons. The summed E-state index contributed by atoms with van der Waals surface area (Å²) in [5, 5.41) is 12.7. The molecule has 1 heterocycles. The Morgan fingerprint density at radius 2 is 1.65 bits per heavy atom. The van der Waals surface area contributed by atoms with Crippen LogP contribution in [0.4, 0.5) is 0 Å². The van der Waals surface area contributed by atoms with Crippen LogP contribution in [0.15, 0.2) is 77.9 Å². The maximum absolute atomic E-state index is 10.6. The minimum absolute atomic E-state index is 0.259. The summed E-state index contributed by atoms with van der Waals surface area (Å²) in [6.07, 6.45) is 2.51. The summed E-state index contributed by atoms with van der Waals surface area (Å²) in [7, 11) is 0. The standard InChI is InChI=1S/C27H32N4O3/c1-27(2,26(28)31-29-19-25(32)33)15-9-10-16-34-24-18-22(20-11-5-3-6-12-20)17-23(30-24)21-13-7-4-8-14-21/h3-8,11-14,17-18,29H,9-10,15-16,19H2,1-2H3,(H2,28,31)(H,32,33). The molecule has 2 aromatic carbocycles. The average molecular weight is 461 g/mol. The van der Waals surface area contributed by atoms with Gasteiger partial charge in [0, 0.05) is 17.0 Å². The molecular formula is C27H32N4O3. The molecule has 0 unspecified atom stereocenters. The SMILES string of the molecule is CC(C)(CCCCOc1cc(-c2ccccc2)cc(-c2ccccc2)n1)/C(N)=N/NCC(=O)O. The number of hydrazone groups is 1. The van der Waals surface area contributed by atoms with Crippen molar-refractivity contribution in [1.29, 1.82) is 0 Å². The second kappa shape index (κ2) is 11.8. The number of rotatable bonds is 12. The molecule has 3 aromatic rings. The van der Waals surface area contributed by atoms with Gasteiger partial charge in [0.25, 0.3) is 0 Å². The van der Waals surface area contributed by atoms with Gasteiger partial charge in [-0.25, -0.2) is 4.98 Å². The lowest BCUT2D eigenvalue weighted by atomic mass is 9.86. The molecule has 0 spiro atoms. The van der Waals surface area contributed by atoms with E-state index in [0.29, 0.717) is 18.3 Å². The van der Waals surface area contributed by atoms with Crippen LogP contribution in [0.25, 0.3) is 22.4 Å². The van der Waals surface area contributed by atoms with Crippen molar-refractivity contribution in [3.8, 4) is 28.3 Å². The molecule has 0 amide bonds. The summed E-state index contributed by atoms with van der Waals surface area (Å²) in [5.41, 5.74) is 12.3. The number of carboxylic acids is 1. The van der Waals surface area contributed by atoms with Gasteiger partial charge in [-0.1, -0.05) is 74.5 Å². The van der Waals surface area contributed by atoms with E-state index in [1.54, 1.807) is 0 Å². The molecule has 34 heavy (non-hydrogen) atoms. The predicted octanol–water partition coefficient (Wildman–Crippen LogP) is 4.94. The van der Waals surface area contributed by atoms with Crippen LogP contribution in [-0.4, -0.2) is 35.0 Å². The van der Waals surface area contributed by atoms with E-state index in [1.165, 1.54) is 0 Å². The van der Waals surface area contributed by atoms with Crippen molar-refractivity contribution in [2.24, 2.45) is 16.3 Å². The fraction of sp³-hybridized carbons (Fsp3) is 0.296. The van der Waals surface area contributed by atoms with Crippen molar-refractivity contribution >= 4 is 11.8 Å². The van der Waals surface area contributed by atoms with Crippen molar-refractivity contribution < 1.29 is 14.6 Å². The number of aromatic nitrogens is 1. The van der Waals surface area contributed by atoms with E-state index in [1.807, 2.05) is 68.4 Å². The predicted molar refractivity (Wildman–Crippen MR) is 135 cm³/mol. The number of carbonyl (C=O) groups is 1. The second-order valence-corrected chi connectivity index (χ2v) is 8.73. The Kier molecular flexibility index (Phi) is 8.62. The first-order valence-corrected chi connectivity index (χ1v) is 11.4. The number of amidine groups is 1. The Labute approximate surface area is 200 Å². The Hall–Kier alpha value is -3.87. The summed E-state index contributed by atoms with van der Waals surface area (Å²) in [4.78, 5) is 15.3. The number of nitrogens with one attached hydrogen (secondary N) is 1. The lowest BCUT2D eigenvalue weighted by Gasteiger charge is -2.23. The highest BCUT2D eigenvalue weighted by molar-refractivity contribution is 5.85. The van der Waals surface area contributed by atoms with Crippen LogP contribution in [0, 0.1) is 5.41 Å². The molecule has 7 nitrogen and oxygen atoms in total. The number of hydrogen-bond acceptors (Lipinski definition) is 5. The van der Waals surface area contributed by atoms with E-state index in [2.05, 4.69) is 28.7 Å². The summed E-state index contributed by atoms with van der Waals surface area (Å²) < 4.78 is 6.05. The van der Waals surface area contributed by atoms with Crippen LogP contribution in [0.1, 0.15) is 33.1 Å². The van der Waals surface area contributed by atoms with E-state index >= 15 is 0 Å². The largest absolute Gasteiger partial charge is 0.480 e. The third-order valence-electron chi connectivity index (χ3n) is 5.55. The van der Waals surface area contributed by atoms with Gasteiger partial charge in [0.05, 0.1) is 12.3 Å². The third kappa shape index (κ3) is 7.33. The first-order chi connectivity index (χ1) is 16.3. The van der Waals surface area contributed by atoms with E-state index in [9.17, 15) is 4.79 Å². The van der Waals surface area contributed by atoms with Crippen LogP contribution < -0.4 is 15.9 Å². The number of hydrogen-bond donors (Lipinski definition) is 3. The minimum Gasteiger partial charge on any atom is -0.480 e. The topological polar surface area (TPSA) is 110 Å². The second-order valence-electron chi connectivity index (χ2n) is 8.73. The quantitative estimate of drug-likeness (QED) is 0.153. The maximum atomic E-state index is 10.6. The number of nitrogens with two attached hydrogens (primary N) is 1. The highest BCUT2D eigenvalue weighted by Gasteiger charge is 2.22. The number of nitrogens with zero attached hydrogens (tertiary/aromatic N) is 2. The molecule has 0 saturated heterocycles. The molecule has 0 saturated carbocycles. The van der Waals surface area contributed by atoms with Crippen molar-refractivity contribution in [2.45, 2.75) is 33.1 Å². The molecule has 0 fully saturated rings. The first-order valence-electron chi connectivity index (χ1n) is 11.4. The fourth-order valence-corrected chi connectivity index (χ4v) is 3.45. The number of carboxylic acid groups (broad SMARTS) is 1. The summed E-state index contributed by atoms with van der Waals surface area (Å²) in [6, 6.07) is 24.3. The van der Waals surface area contributed by atoms with Crippen LogP contribution in [-0.2, 0) is 4.79 Å². The zero-order valence-corrected chi connectivity index (χ0v) is 19.7. The van der Waals surface area contributed by atoms with E-state index in [-0.39, 0.29) is 12.0 Å². The molecule has 0 aliphatic heterocycles. The normalized spacial score (nSPS) is 11.8. The van der Waals surface area contributed by atoms with Crippen molar-refractivity contribution in [2.75, 3.05) is 13.2 Å². The lowest BCUT2D eigenvalue weighted by molar-refractivity contribution is -0.135. The number of pyridine rings is 1. The molecule has 0 aliphatic carbocycles.